The lowest BCUT2D eigenvalue weighted by Crippen LogP contribution is -2.50. The van der Waals surface area contributed by atoms with Gasteiger partial charge >= 0.3 is 6.09 Å². The molecular formula is C17H20ClF2N2O4S-. The maximum atomic E-state index is 14.0. The van der Waals surface area contributed by atoms with E-state index in [0.29, 0.717) is 24.4 Å². The van der Waals surface area contributed by atoms with Crippen LogP contribution in [0.5, 0.6) is 5.75 Å². The van der Waals surface area contributed by atoms with Crippen LogP contribution in [0.2, 0.25) is 5.02 Å². The number of amides is 1. The largest absolute Gasteiger partial charge is 0.772 e. The fourth-order valence-corrected chi connectivity index (χ4v) is 3.26. The van der Waals surface area contributed by atoms with E-state index in [9.17, 15) is 22.3 Å². The normalized spacial score (nSPS) is 20.6. The summed E-state index contributed by atoms with van der Waals surface area (Å²) in [5.41, 5.74) is 0. The number of ether oxygens (including phenoxy) is 1. The van der Waals surface area contributed by atoms with Crippen LogP contribution in [-0.2, 0) is 11.1 Å². The molecule has 0 spiro atoms. The maximum absolute atomic E-state index is 14.0. The zero-order chi connectivity index (χ0) is 19.9. The van der Waals surface area contributed by atoms with Crippen molar-refractivity contribution in [3.63, 3.8) is 0 Å². The number of rotatable bonds is 7. The van der Waals surface area contributed by atoms with Gasteiger partial charge < -0.3 is 14.2 Å². The summed E-state index contributed by atoms with van der Waals surface area (Å²) in [6.07, 6.45) is 1.19. The van der Waals surface area contributed by atoms with Gasteiger partial charge in [-0.15, -0.1) is 0 Å². The molecule has 2 unspecified atom stereocenters. The first-order valence-electron chi connectivity index (χ1n) is 8.41. The smallest absolute Gasteiger partial charge is 0.415 e. The third-order valence-electron chi connectivity index (χ3n) is 3.88. The quantitative estimate of drug-likeness (QED) is 0.383. The maximum Gasteiger partial charge on any atom is 0.415 e. The van der Waals surface area contributed by atoms with Crippen LogP contribution in [0.15, 0.2) is 29.3 Å². The monoisotopic (exact) mass is 421 g/mol. The summed E-state index contributed by atoms with van der Waals surface area (Å²) in [5, 5.41) is 0.470. The Balaban J connectivity index is 1.88. The standard InChI is InChI=1S/C17H21ClF2N2O4S/c18-14-3-5-15(6-4-14)26-16(23)22-11-13(9-17(19,20)12-22)10-21-7-1-2-8-27(24)25/h3-6,10,13H,1-2,7-9,11-12H2,(H,24,25)/p-1. The highest BCUT2D eigenvalue weighted by Crippen LogP contribution is 2.30. The van der Waals surface area contributed by atoms with E-state index in [2.05, 4.69) is 4.99 Å². The van der Waals surface area contributed by atoms with E-state index < -0.39 is 42.0 Å². The van der Waals surface area contributed by atoms with Gasteiger partial charge in [-0.2, -0.15) is 0 Å². The predicted molar refractivity (Wildman–Crippen MR) is 98.5 cm³/mol. The molecule has 1 saturated heterocycles. The Bertz CT molecular complexity index is 688. The fourth-order valence-electron chi connectivity index (χ4n) is 2.69. The highest BCUT2D eigenvalue weighted by Gasteiger charge is 2.42. The Kier molecular flexibility index (Phi) is 8.12. The highest BCUT2D eigenvalue weighted by molar-refractivity contribution is 7.79. The second kappa shape index (κ2) is 10.1. The Hall–Kier alpha value is -1.58. The summed E-state index contributed by atoms with van der Waals surface area (Å²) in [5.74, 6) is -3.35. The van der Waals surface area contributed by atoms with Crippen LogP contribution in [-0.4, -0.2) is 57.3 Å². The summed E-state index contributed by atoms with van der Waals surface area (Å²) in [4.78, 5) is 17.3. The molecule has 1 heterocycles. The van der Waals surface area contributed by atoms with Crippen LogP contribution in [0.4, 0.5) is 13.6 Å². The number of nitrogens with zero attached hydrogens (tertiary/aromatic N) is 2. The Morgan fingerprint density at radius 3 is 2.78 bits per heavy atom. The molecule has 150 valence electrons. The molecule has 6 nitrogen and oxygen atoms in total. The topological polar surface area (TPSA) is 82.0 Å². The molecule has 1 aromatic carbocycles. The molecule has 2 atom stereocenters. The number of hydrogen-bond donors (Lipinski definition) is 0. The zero-order valence-electron chi connectivity index (χ0n) is 14.5. The average molecular weight is 422 g/mol. The van der Waals surface area contributed by atoms with Gasteiger partial charge in [-0.1, -0.05) is 22.7 Å². The molecule has 2 rings (SSSR count). The van der Waals surface area contributed by atoms with Crippen molar-refractivity contribution < 1.29 is 27.1 Å². The Labute approximate surface area is 163 Å². The number of unbranched alkanes of at least 4 members (excludes halogenated alkanes) is 1. The minimum atomic E-state index is -3.03. The number of alkyl halides is 2. The summed E-state index contributed by atoms with van der Waals surface area (Å²) < 4.78 is 53.9. The van der Waals surface area contributed by atoms with Gasteiger partial charge in [0.25, 0.3) is 5.92 Å². The molecule has 1 aliphatic heterocycles. The highest BCUT2D eigenvalue weighted by atomic mass is 35.5. The van der Waals surface area contributed by atoms with Crippen LogP contribution in [0.1, 0.15) is 19.3 Å². The van der Waals surface area contributed by atoms with Crippen LogP contribution in [0.25, 0.3) is 0 Å². The number of hydrogen-bond acceptors (Lipinski definition) is 5. The minimum Gasteiger partial charge on any atom is -0.772 e. The lowest BCUT2D eigenvalue weighted by molar-refractivity contribution is -0.0656. The first kappa shape index (κ1) is 21.7. The molecule has 0 N–H and O–H groups in total. The number of piperidine rings is 1. The third kappa shape index (κ3) is 7.90. The molecule has 1 fully saturated rings. The van der Waals surface area contributed by atoms with E-state index in [-0.39, 0.29) is 18.0 Å². The summed E-state index contributed by atoms with van der Waals surface area (Å²) >= 11 is 3.67. The first-order valence-corrected chi connectivity index (χ1v) is 10.0. The molecule has 0 bridgehead atoms. The molecule has 0 aliphatic carbocycles. The van der Waals surface area contributed by atoms with Crippen molar-refractivity contribution in [3.05, 3.63) is 29.3 Å². The van der Waals surface area contributed by atoms with E-state index in [1.807, 2.05) is 0 Å². The van der Waals surface area contributed by atoms with E-state index in [0.717, 1.165) is 4.90 Å². The SMILES string of the molecule is O=C(Oc1ccc(Cl)cc1)N1CC(C=NCCCCS(=O)[O-])CC(F)(F)C1. The number of carbonyl (C=O) groups is 1. The number of halogens is 3. The molecule has 0 aromatic heterocycles. The minimum absolute atomic E-state index is 0.0569. The molecular weight excluding hydrogens is 402 g/mol. The second-order valence-corrected chi connectivity index (χ2v) is 7.74. The van der Waals surface area contributed by atoms with E-state index in [1.165, 1.54) is 30.5 Å². The van der Waals surface area contributed by atoms with Crippen molar-refractivity contribution in [1.82, 2.24) is 4.90 Å². The van der Waals surface area contributed by atoms with Gasteiger partial charge in [0.2, 0.25) is 0 Å². The molecule has 27 heavy (non-hydrogen) atoms. The number of likely N-dealkylation sites (tertiary alicyclic amines) is 1. The van der Waals surface area contributed by atoms with Gasteiger partial charge in [-0.25, -0.2) is 13.6 Å². The van der Waals surface area contributed by atoms with Crippen molar-refractivity contribution in [2.24, 2.45) is 10.9 Å². The van der Waals surface area contributed by atoms with E-state index in [4.69, 9.17) is 16.3 Å². The van der Waals surface area contributed by atoms with Crippen LogP contribution in [0.3, 0.4) is 0 Å². The predicted octanol–water partition coefficient (Wildman–Crippen LogP) is 3.53. The average Bonchev–Trinajstić information content (AvgIpc) is 2.58. The van der Waals surface area contributed by atoms with E-state index in [1.54, 1.807) is 0 Å². The first-order chi connectivity index (χ1) is 12.7. The summed E-state index contributed by atoms with van der Waals surface area (Å²) in [7, 11) is 0. The molecule has 0 saturated carbocycles. The lowest BCUT2D eigenvalue weighted by Gasteiger charge is -2.35. The van der Waals surface area contributed by atoms with Crippen molar-refractivity contribution >= 4 is 35.0 Å². The molecule has 0 radical (unpaired) electrons. The summed E-state index contributed by atoms with van der Waals surface area (Å²) in [6, 6.07) is 6.03. The fraction of sp³-hybridized carbons (Fsp3) is 0.529. The van der Waals surface area contributed by atoms with Crippen molar-refractivity contribution in [2.75, 3.05) is 25.4 Å². The summed E-state index contributed by atoms with van der Waals surface area (Å²) in [6.45, 7) is -0.274. The third-order valence-corrected chi connectivity index (χ3v) is 4.75. The van der Waals surface area contributed by atoms with Gasteiger partial charge in [0.05, 0.1) is 6.54 Å². The molecule has 1 amide bonds. The van der Waals surface area contributed by atoms with Crippen molar-refractivity contribution in [2.45, 2.75) is 25.2 Å². The van der Waals surface area contributed by atoms with Crippen molar-refractivity contribution in [3.8, 4) is 5.75 Å². The van der Waals surface area contributed by atoms with Crippen LogP contribution in [0, 0.1) is 5.92 Å². The Morgan fingerprint density at radius 1 is 1.41 bits per heavy atom. The number of carbonyl (C=O) groups excluding carboxylic acids is 1. The van der Waals surface area contributed by atoms with Gasteiger partial charge in [-0.05, 0) is 37.1 Å². The lowest BCUT2D eigenvalue weighted by atomic mass is 9.96. The molecule has 1 aliphatic rings. The van der Waals surface area contributed by atoms with E-state index >= 15 is 0 Å². The van der Waals surface area contributed by atoms with Gasteiger partial charge in [0, 0.05) is 42.4 Å². The Morgan fingerprint density at radius 2 is 2.11 bits per heavy atom. The van der Waals surface area contributed by atoms with Gasteiger partial charge in [-0.3, -0.25) is 9.20 Å². The number of benzene rings is 1. The van der Waals surface area contributed by atoms with Crippen LogP contribution >= 0.6 is 11.6 Å². The van der Waals surface area contributed by atoms with Gasteiger partial charge in [0.15, 0.2) is 0 Å². The second-order valence-electron chi connectivity index (χ2n) is 6.29. The zero-order valence-corrected chi connectivity index (χ0v) is 16.1. The van der Waals surface area contributed by atoms with Gasteiger partial charge in [0.1, 0.15) is 5.75 Å². The number of aliphatic imine (C=N–C) groups is 1. The molecule has 1 aromatic rings. The molecule has 10 heteroatoms. The van der Waals surface area contributed by atoms with Crippen LogP contribution < -0.4 is 4.74 Å². The van der Waals surface area contributed by atoms with Crippen molar-refractivity contribution in [1.29, 1.82) is 0 Å².